The molecule has 1 atom stereocenters. The van der Waals surface area contributed by atoms with Gasteiger partial charge < -0.3 is 14.8 Å². The molecule has 1 N–H and O–H groups in total. The van der Waals surface area contributed by atoms with E-state index in [1.807, 2.05) is 37.3 Å². The van der Waals surface area contributed by atoms with Crippen molar-refractivity contribution < 1.29 is 23.9 Å². The molecule has 1 aliphatic rings. The van der Waals surface area contributed by atoms with Crippen molar-refractivity contribution >= 4 is 57.7 Å². The second kappa shape index (κ2) is 14.0. The van der Waals surface area contributed by atoms with Gasteiger partial charge in [0.25, 0.3) is 0 Å². The number of amides is 2. The number of thioether (sulfide) groups is 1. The summed E-state index contributed by atoms with van der Waals surface area (Å²) in [6.07, 6.45) is 0.577. The monoisotopic (exact) mass is 579 g/mol. The third-order valence-corrected chi connectivity index (χ3v) is 7.39. The zero-order valence-corrected chi connectivity index (χ0v) is 23.8. The molecular formula is C30H30ClN3O5S. The van der Waals surface area contributed by atoms with E-state index in [1.165, 1.54) is 11.8 Å². The fraction of sp³-hybridized carbons (Fsp3) is 0.267. The van der Waals surface area contributed by atoms with Gasteiger partial charge in [0.05, 0.1) is 24.5 Å². The van der Waals surface area contributed by atoms with Crippen molar-refractivity contribution in [3.05, 3.63) is 88.9 Å². The van der Waals surface area contributed by atoms with Crippen LogP contribution in [0, 0.1) is 0 Å². The van der Waals surface area contributed by atoms with Gasteiger partial charge in [-0.25, -0.2) is 9.79 Å². The number of hydrogen-bond acceptors (Lipinski definition) is 7. The van der Waals surface area contributed by atoms with Gasteiger partial charge in [0, 0.05) is 29.7 Å². The van der Waals surface area contributed by atoms with Crippen LogP contribution in [-0.4, -0.2) is 52.9 Å². The van der Waals surface area contributed by atoms with Gasteiger partial charge >= 0.3 is 5.97 Å². The number of halogens is 1. The average molecular weight is 580 g/mol. The van der Waals surface area contributed by atoms with Gasteiger partial charge in [0.2, 0.25) is 11.8 Å². The highest BCUT2D eigenvalue weighted by Gasteiger charge is 2.39. The van der Waals surface area contributed by atoms with Crippen LogP contribution >= 0.6 is 23.4 Å². The number of amidine groups is 1. The lowest BCUT2D eigenvalue weighted by molar-refractivity contribution is -0.128. The highest BCUT2D eigenvalue weighted by atomic mass is 35.5. The van der Waals surface area contributed by atoms with E-state index in [-0.39, 0.29) is 24.8 Å². The number of nitrogens with zero attached hydrogens (tertiary/aromatic N) is 2. The largest absolute Gasteiger partial charge is 0.494 e. The minimum absolute atomic E-state index is 0.0133. The molecule has 0 bridgehead atoms. The summed E-state index contributed by atoms with van der Waals surface area (Å²) in [5.74, 6) is -0.214. The molecule has 1 aliphatic heterocycles. The van der Waals surface area contributed by atoms with E-state index in [0.29, 0.717) is 52.5 Å². The molecule has 0 radical (unpaired) electrons. The molecule has 0 aliphatic carbocycles. The average Bonchev–Trinajstić information content (AvgIpc) is 3.22. The SMILES string of the molecule is CCOC(=O)c1ccc(N=C2S[C@@H](CC(=O)Nc3cccc(OCC)c3)C(=O)N2CCc2ccc(Cl)cc2)cc1. The number of carbonyl (C=O) groups is 3. The van der Waals surface area contributed by atoms with Crippen molar-refractivity contribution in [2.24, 2.45) is 4.99 Å². The number of anilines is 1. The van der Waals surface area contributed by atoms with Gasteiger partial charge in [-0.2, -0.15) is 0 Å². The quantitative estimate of drug-likeness (QED) is 0.275. The number of carbonyl (C=O) groups excluding carboxylic acids is 3. The highest BCUT2D eigenvalue weighted by molar-refractivity contribution is 8.15. The predicted molar refractivity (Wildman–Crippen MR) is 159 cm³/mol. The van der Waals surface area contributed by atoms with Crippen LogP contribution in [0.25, 0.3) is 0 Å². The van der Waals surface area contributed by atoms with Gasteiger partial charge in [-0.15, -0.1) is 0 Å². The van der Waals surface area contributed by atoms with Crippen LogP contribution in [-0.2, 0) is 20.7 Å². The molecule has 1 saturated heterocycles. The molecule has 2 amide bonds. The molecule has 3 aromatic carbocycles. The van der Waals surface area contributed by atoms with Gasteiger partial charge in [-0.3, -0.25) is 14.5 Å². The lowest BCUT2D eigenvalue weighted by Crippen LogP contribution is -2.35. The Morgan fingerprint density at radius 2 is 1.77 bits per heavy atom. The summed E-state index contributed by atoms with van der Waals surface area (Å²) in [6.45, 7) is 4.84. The summed E-state index contributed by atoms with van der Waals surface area (Å²) in [7, 11) is 0. The zero-order chi connectivity index (χ0) is 28.5. The number of hydrogen-bond donors (Lipinski definition) is 1. The van der Waals surface area contributed by atoms with Crippen LogP contribution in [0.4, 0.5) is 11.4 Å². The van der Waals surface area contributed by atoms with Crippen molar-refractivity contribution in [1.29, 1.82) is 0 Å². The Hall–Kier alpha value is -3.82. The van der Waals surface area contributed by atoms with Crippen molar-refractivity contribution in [3.63, 3.8) is 0 Å². The first-order valence-electron chi connectivity index (χ1n) is 13.0. The minimum Gasteiger partial charge on any atom is -0.494 e. The smallest absolute Gasteiger partial charge is 0.338 e. The van der Waals surface area contributed by atoms with E-state index in [4.69, 9.17) is 26.1 Å². The maximum Gasteiger partial charge on any atom is 0.338 e. The Bertz CT molecular complexity index is 1380. The Morgan fingerprint density at radius 3 is 2.48 bits per heavy atom. The number of ether oxygens (including phenoxy) is 2. The predicted octanol–water partition coefficient (Wildman–Crippen LogP) is 6.12. The van der Waals surface area contributed by atoms with Crippen molar-refractivity contribution in [3.8, 4) is 5.75 Å². The first-order valence-corrected chi connectivity index (χ1v) is 14.2. The van der Waals surface area contributed by atoms with E-state index < -0.39 is 11.2 Å². The third-order valence-electron chi connectivity index (χ3n) is 5.96. The zero-order valence-electron chi connectivity index (χ0n) is 22.3. The molecule has 10 heteroatoms. The van der Waals surface area contributed by atoms with Gasteiger partial charge in [-0.1, -0.05) is 41.6 Å². The number of esters is 1. The molecule has 0 aromatic heterocycles. The topological polar surface area (TPSA) is 97.3 Å². The molecule has 208 valence electrons. The van der Waals surface area contributed by atoms with E-state index in [9.17, 15) is 14.4 Å². The molecule has 0 spiro atoms. The Labute approximate surface area is 242 Å². The Morgan fingerprint density at radius 1 is 1.02 bits per heavy atom. The van der Waals surface area contributed by atoms with Crippen LogP contribution in [0.3, 0.4) is 0 Å². The minimum atomic E-state index is -0.627. The van der Waals surface area contributed by atoms with Gasteiger partial charge in [0.1, 0.15) is 11.0 Å². The van der Waals surface area contributed by atoms with Crippen molar-refractivity contribution in [2.75, 3.05) is 25.1 Å². The summed E-state index contributed by atoms with van der Waals surface area (Å²) in [4.78, 5) is 44.7. The first kappa shape index (κ1) is 29.2. The Kier molecular flexibility index (Phi) is 10.2. The molecule has 3 aromatic rings. The normalized spacial score (nSPS) is 15.8. The van der Waals surface area contributed by atoms with E-state index in [1.54, 1.807) is 54.3 Å². The molecule has 1 fully saturated rings. The fourth-order valence-electron chi connectivity index (χ4n) is 4.03. The number of rotatable bonds is 11. The summed E-state index contributed by atoms with van der Waals surface area (Å²) >= 11 is 7.27. The Balaban J connectivity index is 1.50. The maximum atomic E-state index is 13.5. The van der Waals surface area contributed by atoms with E-state index in [0.717, 1.165) is 5.56 Å². The van der Waals surface area contributed by atoms with Crippen LogP contribution in [0.5, 0.6) is 5.75 Å². The molecule has 8 nitrogen and oxygen atoms in total. The van der Waals surface area contributed by atoms with Crippen LogP contribution < -0.4 is 10.1 Å². The van der Waals surface area contributed by atoms with Crippen molar-refractivity contribution in [2.45, 2.75) is 31.9 Å². The molecule has 1 heterocycles. The lowest BCUT2D eigenvalue weighted by Gasteiger charge is -2.16. The van der Waals surface area contributed by atoms with Crippen LogP contribution in [0.15, 0.2) is 77.8 Å². The van der Waals surface area contributed by atoms with Gasteiger partial charge in [-0.05, 0) is 74.4 Å². The van der Waals surface area contributed by atoms with Crippen LogP contribution in [0.1, 0.15) is 36.2 Å². The second-order valence-electron chi connectivity index (χ2n) is 8.85. The second-order valence-corrected chi connectivity index (χ2v) is 10.5. The third kappa shape index (κ3) is 7.86. The molecule has 0 saturated carbocycles. The number of aliphatic imine (C=N–C) groups is 1. The summed E-state index contributed by atoms with van der Waals surface area (Å²) in [5, 5.41) is 3.37. The molecule has 40 heavy (non-hydrogen) atoms. The number of nitrogens with one attached hydrogen (secondary N) is 1. The van der Waals surface area contributed by atoms with Crippen molar-refractivity contribution in [1.82, 2.24) is 4.90 Å². The molecular weight excluding hydrogens is 550 g/mol. The summed E-state index contributed by atoms with van der Waals surface area (Å²) < 4.78 is 10.5. The highest BCUT2D eigenvalue weighted by Crippen LogP contribution is 2.32. The van der Waals surface area contributed by atoms with Crippen LogP contribution in [0.2, 0.25) is 5.02 Å². The lowest BCUT2D eigenvalue weighted by atomic mass is 10.1. The number of benzene rings is 3. The fourth-order valence-corrected chi connectivity index (χ4v) is 5.34. The molecule has 4 rings (SSSR count). The maximum absolute atomic E-state index is 13.5. The summed E-state index contributed by atoms with van der Waals surface area (Å²) in [5.41, 5.74) is 2.62. The van der Waals surface area contributed by atoms with Gasteiger partial charge in [0.15, 0.2) is 5.17 Å². The molecule has 0 unspecified atom stereocenters. The summed E-state index contributed by atoms with van der Waals surface area (Å²) in [6, 6.07) is 21.3. The van der Waals surface area contributed by atoms with E-state index >= 15 is 0 Å². The van der Waals surface area contributed by atoms with E-state index in [2.05, 4.69) is 5.32 Å². The first-order chi connectivity index (χ1) is 19.4. The standard InChI is InChI=1S/C30H30ClN3O5S/c1-3-38-25-7-5-6-24(18-25)32-27(35)19-26-28(36)34(17-16-20-8-12-22(31)13-9-20)30(40-26)33-23-14-10-21(11-15-23)29(37)39-4-2/h5-15,18,26H,3-4,16-17,19H2,1-2H3,(H,32,35)/t26-/m0/s1.